The molecule has 134 valence electrons. The molecule has 3 heterocycles. The SMILES string of the molecule is CCC(C)c1cc2c3ccccc3n(C3CCC(=O)NC3=O)c2nc1N. The second kappa shape index (κ2) is 6.12. The summed E-state index contributed by atoms with van der Waals surface area (Å²) in [5.41, 5.74) is 8.93. The Bertz CT molecular complexity index is 1040. The van der Waals surface area contributed by atoms with Crippen molar-refractivity contribution < 1.29 is 9.59 Å². The number of carbonyl (C=O) groups is 2. The summed E-state index contributed by atoms with van der Waals surface area (Å²) in [6.45, 7) is 4.26. The maximum atomic E-state index is 12.5. The molecular weight excluding hydrogens is 328 g/mol. The molecule has 4 rings (SSSR count). The number of piperidine rings is 1. The number of carbonyl (C=O) groups excluding carboxylic acids is 2. The van der Waals surface area contributed by atoms with Gasteiger partial charge in [0, 0.05) is 17.2 Å². The van der Waals surface area contributed by atoms with Crippen molar-refractivity contribution in [3.63, 3.8) is 0 Å². The maximum Gasteiger partial charge on any atom is 0.249 e. The zero-order valence-electron chi connectivity index (χ0n) is 15.0. The Labute approximate surface area is 151 Å². The van der Waals surface area contributed by atoms with E-state index in [4.69, 9.17) is 5.73 Å². The number of hydrogen-bond acceptors (Lipinski definition) is 4. The first kappa shape index (κ1) is 16.6. The fourth-order valence-electron chi connectivity index (χ4n) is 3.80. The number of nitrogens with zero attached hydrogens (tertiary/aromatic N) is 2. The van der Waals surface area contributed by atoms with Gasteiger partial charge in [-0.2, -0.15) is 0 Å². The lowest BCUT2D eigenvalue weighted by Crippen LogP contribution is -2.41. The third kappa shape index (κ3) is 2.44. The molecule has 1 aliphatic rings. The monoisotopic (exact) mass is 350 g/mol. The Hall–Kier alpha value is -2.89. The minimum absolute atomic E-state index is 0.224. The summed E-state index contributed by atoms with van der Waals surface area (Å²) in [7, 11) is 0. The van der Waals surface area contributed by atoms with Crippen LogP contribution < -0.4 is 11.1 Å². The van der Waals surface area contributed by atoms with E-state index in [0.29, 0.717) is 30.2 Å². The molecule has 3 N–H and O–H groups in total. The molecule has 3 aromatic rings. The number of nitrogens with one attached hydrogen (secondary N) is 1. The molecule has 1 saturated heterocycles. The van der Waals surface area contributed by atoms with E-state index in [1.165, 1.54) is 0 Å². The Morgan fingerprint density at radius 1 is 1.31 bits per heavy atom. The number of anilines is 1. The summed E-state index contributed by atoms with van der Waals surface area (Å²) in [5.74, 6) is 0.307. The Morgan fingerprint density at radius 3 is 2.81 bits per heavy atom. The molecule has 0 aliphatic carbocycles. The van der Waals surface area contributed by atoms with Crippen molar-refractivity contribution in [1.29, 1.82) is 0 Å². The van der Waals surface area contributed by atoms with Crippen molar-refractivity contribution in [2.75, 3.05) is 5.73 Å². The number of hydrogen-bond donors (Lipinski definition) is 2. The van der Waals surface area contributed by atoms with Crippen LogP contribution in [0.3, 0.4) is 0 Å². The first-order chi connectivity index (χ1) is 12.5. The molecule has 0 saturated carbocycles. The number of imide groups is 1. The quantitative estimate of drug-likeness (QED) is 0.710. The highest BCUT2D eigenvalue weighted by Crippen LogP contribution is 2.36. The summed E-state index contributed by atoms with van der Waals surface area (Å²) in [6.07, 6.45) is 1.77. The van der Waals surface area contributed by atoms with Gasteiger partial charge in [0.05, 0.1) is 5.52 Å². The summed E-state index contributed by atoms with van der Waals surface area (Å²) < 4.78 is 1.93. The number of fused-ring (bicyclic) bond motifs is 3. The summed E-state index contributed by atoms with van der Waals surface area (Å²) in [5, 5.41) is 4.48. The van der Waals surface area contributed by atoms with Gasteiger partial charge in [-0.3, -0.25) is 14.9 Å². The van der Waals surface area contributed by atoms with Crippen LogP contribution in [0.2, 0.25) is 0 Å². The molecule has 2 atom stereocenters. The maximum absolute atomic E-state index is 12.5. The van der Waals surface area contributed by atoms with Crippen LogP contribution >= 0.6 is 0 Å². The van der Waals surface area contributed by atoms with Crippen molar-refractivity contribution in [2.24, 2.45) is 0 Å². The zero-order chi connectivity index (χ0) is 18.4. The number of pyridine rings is 1. The van der Waals surface area contributed by atoms with Gasteiger partial charge in [0.2, 0.25) is 11.8 Å². The van der Waals surface area contributed by atoms with Gasteiger partial charge in [0.1, 0.15) is 17.5 Å². The smallest absolute Gasteiger partial charge is 0.249 e. The lowest BCUT2D eigenvalue weighted by atomic mass is 9.98. The number of benzene rings is 1. The van der Waals surface area contributed by atoms with Crippen LogP contribution in [0.5, 0.6) is 0 Å². The van der Waals surface area contributed by atoms with Crippen LogP contribution in [0.4, 0.5) is 5.82 Å². The van der Waals surface area contributed by atoms with E-state index in [9.17, 15) is 9.59 Å². The minimum Gasteiger partial charge on any atom is -0.383 e. The number of aromatic nitrogens is 2. The normalized spacial score (nSPS) is 19.1. The van der Waals surface area contributed by atoms with Gasteiger partial charge in [-0.05, 0) is 36.5 Å². The number of amides is 2. The molecule has 0 radical (unpaired) electrons. The zero-order valence-corrected chi connectivity index (χ0v) is 15.0. The van der Waals surface area contributed by atoms with E-state index < -0.39 is 6.04 Å². The highest BCUT2D eigenvalue weighted by atomic mass is 16.2. The average Bonchev–Trinajstić information content (AvgIpc) is 2.94. The van der Waals surface area contributed by atoms with E-state index in [-0.39, 0.29) is 11.8 Å². The lowest BCUT2D eigenvalue weighted by Gasteiger charge is -2.23. The molecular formula is C20H22N4O2. The lowest BCUT2D eigenvalue weighted by molar-refractivity contribution is -0.135. The third-order valence-electron chi connectivity index (χ3n) is 5.41. The molecule has 26 heavy (non-hydrogen) atoms. The van der Waals surface area contributed by atoms with E-state index >= 15 is 0 Å². The second-order valence-corrected chi connectivity index (χ2v) is 7.00. The fraction of sp³-hybridized carbons (Fsp3) is 0.350. The van der Waals surface area contributed by atoms with E-state index in [1.807, 2.05) is 28.8 Å². The molecule has 2 unspecified atom stereocenters. The van der Waals surface area contributed by atoms with Gasteiger partial charge in [0.15, 0.2) is 0 Å². The second-order valence-electron chi connectivity index (χ2n) is 7.00. The highest BCUT2D eigenvalue weighted by Gasteiger charge is 2.31. The van der Waals surface area contributed by atoms with Crippen LogP contribution in [-0.4, -0.2) is 21.4 Å². The average molecular weight is 350 g/mol. The van der Waals surface area contributed by atoms with Gasteiger partial charge >= 0.3 is 0 Å². The van der Waals surface area contributed by atoms with Crippen LogP contribution in [-0.2, 0) is 9.59 Å². The summed E-state index contributed by atoms with van der Waals surface area (Å²) in [6, 6.07) is 9.60. The molecule has 1 fully saturated rings. The van der Waals surface area contributed by atoms with Crippen molar-refractivity contribution in [3.05, 3.63) is 35.9 Å². The van der Waals surface area contributed by atoms with Crippen LogP contribution in [0.25, 0.3) is 21.9 Å². The Kier molecular flexibility index (Phi) is 3.90. The molecule has 6 heteroatoms. The van der Waals surface area contributed by atoms with Gasteiger partial charge < -0.3 is 10.3 Å². The van der Waals surface area contributed by atoms with E-state index in [2.05, 4.69) is 30.2 Å². The van der Waals surface area contributed by atoms with Gasteiger partial charge in [-0.15, -0.1) is 0 Å². The van der Waals surface area contributed by atoms with Gasteiger partial charge in [0.25, 0.3) is 0 Å². The first-order valence-corrected chi connectivity index (χ1v) is 9.04. The number of rotatable bonds is 3. The van der Waals surface area contributed by atoms with Gasteiger partial charge in [-0.1, -0.05) is 32.0 Å². The third-order valence-corrected chi connectivity index (χ3v) is 5.41. The first-order valence-electron chi connectivity index (χ1n) is 9.04. The molecule has 0 spiro atoms. The Morgan fingerprint density at radius 2 is 2.08 bits per heavy atom. The van der Waals surface area contributed by atoms with E-state index in [0.717, 1.165) is 28.3 Å². The summed E-state index contributed by atoms with van der Waals surface area (Å²) in [4.78, 5) is 28.7. The van der Waals surface area contributed by atoms with Crippen molar-refractivity contribution >= 4 is 39.6 Å². The number of nitrogens with two attached hydrogens (primary N) is 1. The van der Waals surface area contributed by atoms with Gasteiger partial charge in [-0.25, -0.2) is 4.98 Å². The summed E-state index contributed by atoms with van der Waals surface area (Å²) >= 11 is 0. The van der Waals surface area contributed by atoms with Crippen LogP contribution in [0, 0.1) is 0 Å². The van der Waals surface area contributed by atoms with Crippen molar-refractivity contribution in [1.82, 2.24) is 14.9 Å². The Balaban J connectivity index is 2.01. The van der Waals surface area contributed by atoms with Crippen LogP contribution in [0.15, 0.2) is 30.3 Å². The van der Waals surface area contributed by atoms with Crippen LogP contribution in [0.1, 0.15) is 50.6 Å². The standard InChI is InChI=1S/C20H22N4O2/c1-3-11(2)13-10-14-12-6-4-5-7-15(12)24(19(14)23-18(13)21)16-8-9-17(25)22-20(16)26/h4-7,10-11,16H,3,8-9H2,1-2H3,(H2,21,23)(H,22,25,26). The molecule has 1 aromatic carbocycles. The fourth-order valence-corrected chi connectivity index (χ4v) is 3.80. The number of para-hydroxylation sites is 1. The minimum atomic E-state index is -0.462. The molecule has 0 bridgehead atoms. The largest absolute Gasteiger partial charge is 0.383 e. The predicted octanol–water partition coefficient (Wildman–Crippen LogP) is 3.26. The van der Waals surface area contributed by atoms with E-state index in [1.54, 1.807) is 0 Å². The topological polar surface area (TPSA) is 90.0 Å². The molecule has 1 aliphatic heterocycles. The highest BCUT2D eigenvalue weighted by molar-refractivity contribution is 6.09. The molecule has 2 amide bonds. The molecule has 2 aromatic heterocycles. The van der Waals surface area contributed by atoms with Crippen molar-refractivity contribution in [2.45, 2.75) is 45.1 Å². The predicted molar refractivity (Wildman–Crippen MR) is 102 cm³/mol. The number of nitrogen functional groups attached to an aromatic ring is 1. The molecule has 6 nitrogen and oxygen atoms in total. The van der Waals surface area contributed by atoms with Crippen molar-refractivity contribution in [3.8, 4) is 0 Å².